The molecule has 3 rings (SSSR count). The van der Waals surface area contributed by atoms with E-state index in [0.717, 1.165) is 82.6 Å². The molecule has 6 heteroatoms. The molecule has 1 aromatic carbocycles. The lowest BCUT2D eigenvalue weighted by Gasteiger charge is -2.37. The molecule has 3 nitrogen and oxygen atoms in total. The normalized spacial score (nSPS) is 20.9. The van der Waals surface area contributed by atoms with Crippen LogP contribution in [0.5, 0.6) is 0 Å². The summed E-state index contributed by atoms with van der Waals surface area (Å²) in [5.74, 6) is 1.08. The number of carbonyl (C=O) groups is 1. The highest BCUT2D eigenvalue weighted by molar-refractivity contribution is 5.79. The van der Waals surface area contributed by atoms with Crippen LogP contribution in [0.15, 0.2) is 24.3 Å². The van der Waals surface area contributed by atoms with Crippen molar-refractivity contribution in [3.8, 4) is 0 Å². The van der Waals surface area contributed by atoms with E-state index in [4.69, 9.17) is 0 Å². The molecular weight excluding hydrogens is 329 g/mol. The zero-order chi connectivity index (χ0) is 17.9. The lowest BCUT2D eigenvalue weighted by atomic mass is 9.86. The summed E-state index contributed by atoms with van der Waals surface area (Å²) >= 11 is 0. The quantitative estimate of drug-likeness (QED) is 0.817. The molecule has 0 radical (unpaired) electrons. The van der Waals surface area contributed by atoms with Crippen LogP contribution in [0.3, 0.4) is 0 Å². The molecule has 0 bridgehead atoms. The third-order valence-electron chi connectivity index (χ3n) is 5.45. The van der Waals surface area contributed by atoms with E-state index in [1.165, 1.54) is 0 Å². The van der Waals surface area contributed by atoms with Crippen LogP contribution in [-0.4, -0.2) is 43.4 Å². The molecule has 0 aromatic heterocycles. The maximum absolute atomic E-state index is 12.6. The van der Waals surface area contributed by atoms with E-state index in [9.17, 15) is 18.0 Å². The summed E-state index contributed by atoms with van der Waals surface area (Å²) in [5.41, 5.74) is 0.263. The number of hydrogen-bond donors (Lipinski definition) is 0. The Kier molecular flexibility index (Phi) is 5.67. The first kappa shape index (κ1) is 18.2. The van der Waals surface area contributed by atoms with Gasteiger partial charge in [-0.1, -0.05) is 0 Å². The Labute approximate surface area is 146 Å². The van der Waals surface area contributed by atoms with Crippen LogP contribution in [0.4, 0.5) is 18.9 Å². The van der Waals surface area contributed by atoms with Crippen molar-refractivity contribution in [2.45, 2.75) is 38.3 Å². The zero-order valence-corrected chi connectivity index (χ0v) is 14.4. The van der Waals surface area contributed by atoms with Gasteiger partial charge in [-0.2, -0.15) is 13.2 Å². The van der Waals surface area contributed by atoms with Gasteiger partial charge in [0.05, 0.1) is 5.56 Å². The molecule has 0 spiro atoms. The molecule has 1 saturated carbocycles. The van der Waals surface area contributed by atoms with Crippen LogP contribution in [0.2, 0.25) is 0 Å². The second kappa shape index (κ2) is 7.77. The van der Waals surface area contributed by atoms with Gasteiger partial charge in [-0.05, 0) is 56.0 Å². The number of halogens is 3. The highest BCUT2D eigenvalue weighted by Crippen LogP contribution is 2.31. The van der Waals surface area contributed by atoms with Crippen molar-refractivity contribution in [2.75, 3.05) is 37.6 Å². The smallest absolute Gasteiger partial charge is 0.369 e. The van der Waals surface area contributed by atoms with E-state index in [1.54, 1.807) is 12.1 Å². The molecule has 1 aromatic rings. The number of carbonyl (C=O) groups excluding carboxylic acids is 1. The Balaban J connectivity index is 1.43. The number of anilines is 1. The lowest BCUT2D eigenvalue weighted by Crippen LogP contribution is -2.47. The Morgan fingerprint density at radius 3 is 2.12 bits per heavy atom. The summed E-state index contributed by atoms with van der Waals surface area (Å²) in [6.45, 7) is 4.61. The van der Waals surface area contributed by atoms with Crippen molar-refractivity contribution in [1.82, 2.24) is 4.90 Å². The van der Waals surface area contributed by atoms with E-state index in [1.807, 2.05) is 0 Å². The molecule has 138 valence electrons. The minimum Gasteiger partial charge on any atom is -0.369 e. The largest absolute Gasteiger partial charge is 0.416 e. The molecule has 1 aliphatic carbocycles. The van der Waals surface area contributed by atoms with Gasteiger partial charge in [0.25, 0.3) is 0 Å². The first-order chi connectivity index (χ1) is 11.9. The van der Waals surface area contributed by atoms with Crippen molar-refractivity contribution >= 4 is 11.5 Å². The number of Topliss-reactive ketones (excluding diaryl/α,β-unsaturated/α-hetero) is 1. The third-order valence-corrected chi connectivity index (χ3v) is 5.45. The number of hydrogen-bond acceptors (Lipinski definition) is 3. The standard InChI is InChI=1S/C19H25F3N2O/c20-19(21,22)16-3-5-17(6-4-16)24-13-11-23(12-14-24)10-9-15-1-7-18(25)8-2-15/h3-6,15H,1-2,7-14H2. The third kappa shape index (κ3) is 4.97. The second-order valence-electron chi connectivity index (χ2n) is 7.14. The maximum atomic E-state index is 12.6. The number of nitrogens with zero attached hydrogens (tertiary/aromatic N) is 2. The van der Waals surface area contributed by atoms with Gasteiger partial charge >= 0.3 is 6.18 Å². The number of benzene rings is 1. The van der Waals surface area contributed by atoms with E-state index in [2.05, 4.69) is 9.80 Å². The average Bonchev–Trinajstić information content (AvgIpc) is 2.61. The van der Waals surface area contributed by atoms with Crippen molar-refractivity contribution in [3.05, 3.63) is 29.8 Å². The van der Waals surface area contributed by atoms with Gasteiger partial charge in [0.2, 0.25) is 0 Å². The fraction of sp³-hybridized carbons (Fsp3) is 0.632. The average molecular weight is 354 g/mol. The molecule has 2 fully saturated rings. The Morgan fingerprint density at radius 1 is 0.960 bits per heavy atom. The number of alkyl halides is 3. The highest BCUT2D eigenvalue weighted by atomic mass is 19.4. The van der Waals surface area contributed by atoms with Gasteiger partial charge < -0.3 is 4.90 Å². The van der Waals surface area contributed by atoms with Crippen LogP contribution in [0, 0.1) is 5.92 Å². The topological polar surface area (TPSA) is 23.6 Å². The van der Waals surface area contributed by atoms with Crippen LogP contribution in [0.1, 0.15) is 37.7 Å². The Morgan fingerprint density at radius 2 is 1.56 bits per heavy atom. The van der Waals surface area contributed by atoms with Crippen LogP contribution >= 0.6 is 0 Å². The number of ketones is 1. The SMILES string of the molecule is O=C1CCC(CCN2CCN(c3ccc(C(F)(F)F)cc3)CC2)CC1. The van der Waals surface area contributed by atoms with Crippen molar-refractivity contribution in [1.29, 1.82) is 0 Å². The number of piperazine rings is 1. The van der Waals surface area contributed by atoms with Crippen molar-refractivity contribution in [2.24, 2.45) is 5.92 Å². The molecular formula is C19H25F3N2O. The highest BCUT2D eigenvalue weighted by Gasteiger charge is 2.30. The van der Waals surface area contributed by atoms with Gasteiger partial charge in [0.15, 0.2) is 0 Å². The first-order valence-electron chi connectivity index (χ1n) is 9.08. The fourth-order valence-corrected chi connectivity index (χ4v) is 3.74. The van der Waals surface area contributed by atoms with Crippen molar-refractivity contribution in [3.63, 3.8) is 0 Å². The van der Waals surface area contributed by atoms with E-state index in [-0.39, 0.29) is 0 Å². The summed E-state index contributed by atoms with van der Waals surface area (Å²) in [6, 6.07) is 5.45. The van der Waals surface area contributed by atoms with Gasteiger partial charge in [0, 0.05) is 44.7 Å². The predicted molar refractivity (Wildman–Crippen MR) is 91.7 cm³/mol. The minimum atomic E-state index is -4.28. The van der Waals surface area contributed by atoms with E-state index >= 15 is 0 Å². The molecule has 1 heterocycles. The van der Waals surface area contributed by atoms with Crippen LogP contribution in [-0.2, 0) is 11.0 Å². The molecule has 2 aliphatic rings. The molecule has 1 aliphatic heterocycles. The van der Waals surface area contributed by atoms with Crippen molar-refractivity contribution < 1.29 is 18.0 Å². The monoisotopic (exact) mass is 354 g/mol. The van der Waals surface area contributed by atoms with E-state index < -0.39 is 11.7 Å². The van der Waals surface area contributed by atoms with Gasteiger partial charge in [-0.25, -0.2) is 0 Å². The predicted octanol–water partition coefficient (Wildman–Crippen LogP) is 3.98. The zero-order valence-electron chi connectivity index (χ0n) is 14.4. The fourth-order valence-electron chi connectivity index (χ4n) is 3.74. The second-order valence-corrected chi connectivity index (χ2v) is 7.14. The minimum absolute atomic E-state index is 0.404. The lowest BCUT2D eigenvalue weighted by molar-refractivity contribution is -0.137. The molecule has 0 unspecified atom stereocenters. The number of rotatable bonds is 4. The molecule has 25 heavy (non-hydrogen) atoms. The molecule has 0 amide bonds. The summed E-state index contributed by atoms with van der Waals surface area (Å²) in [4.78, 5) is 15.9. The molecule has 1 saturated heterocycles. The molecule has 0 N–H and O–H groups in total. The molecule has 0 atom stereocenters. The van der Waals surface area contributed by atoms with Gasteiger partial charge in [-0.3, -0.25) is 9.69 Å². The van der Waals surface area contributed by atoms with Gasteiger partial charge in [-0.15, -0.1) is 0 Å². The van der Waals surface area contributed by atoms with Gasteiger partial charge in [0.1, 0.15) is 5.78 Å². The van der Waals surface area contributed by atoms with E-state index in [0.29, 0.717) is 11.7 Å². The summed E-state index contributed by atoms with van der Waals surface area (Å²) < 4.78 is 37.9. The summed E-state index contributed by atoms with van der Waals surface area (Å²) in [7, 11) is 0. The van der Waals surface area contributed by atoms with Crippen LogP contribution < -0.4 is 4.90 Å². The Hall–Kier alpha value is -1.56. The first-order valence-corrected chi connectivity index (χ1v) is 9.08. The maximum Gasteiger partial charge on any atom is 0.416 e. The summed E-state index contributed by atoms with van der Waals surface area (Å²) in [5, 5.41) is 0. The Bertz CT molecular complexity index is 567. The van der Waals surface area contributed by atoms with Crippen LogP contribution in [0.25, 0.3) is 0 Å². The summed E-state index contributed by atoms with van der Waals surface area (Å²) in [6.07, 6.45) is 0.419.